The molecular formula is C15H20N8O. The summed E-state index contributed by atoms with van der Waals surface area (Å²) in [6.07, 6.45) is 4.02. The molecule has 0 spiro atoms. The molecule has 2 aromatic heterocycles. The van der Waals surface area contributed by atoms with E-state index in [0.717, 1.165) is 43.9 Å². The minimum atomic E-state index is 0.0843. The van der Waals surface area contributed by atoms with Crippen molar-refractivity contribution in [1.82, 2.24) is 30.0 Å². The van der Waals surface area contributed by atoms with Crippen LogP contribution in [0, 0.1) is 0 Å². The van der Waals surface area contributed by atoms with Crippen molar-refractivity contribution in [3.05, 3.63) is 24.3 Å². The first-order valence-electron chi connectivity index (χ1n) is 8.15. The van der Waals surface area contributed by atoms with Crippen molar-refractivity contribution in [2.75, 3.05) is 42.5 Å². The van der Waals surface area contributed by atoms with Gasteiger partial charge < -0.3 is 19.7 Å². The van der Waals surface area contributed by atoms with Crippen LogP contribution in [0.3, 0.4) is 0 Å². The summed E-state index contributed by atoms with van der Waals surface area (Å²) in [6, 6.07) is 1.82. The van der Waals surface area contributed by atoms with Crippen LogP contribution in [0.25, 0.3) is 0 Å². The molecule has 2 aromatic rings. The third-order valence-corrected chi connectivity index (χ3v) is 4.63. The topological polar surface area (TPSA) is 92.1 Å². The lowest BCUT2D eigenvalue weighted by molar-refractivity contribution is -0.119. The van der Waals surface area contributed by atoms with Gasteiger partial charge in [-0.25, -0.2) is 9.97 Å². The number of rotatable bonds is 3. The maximum atomic E-state index is 11.4. The van der Waals surface area contributed by atoms with Crippen LogP contribution in [0.1, 0.15) is 18.2 Å². The Hall–Kier alpha value is -2.71. The van der Waals surface area contributed by atoms with Gasteiger partial charge in [-0.05, 0) is 6.07 Å². The average molecular weight is 328 g/mol. The van der Waals surface area contributed by atoms with Crippen molar-refractivity contribution < 1.29 is 4.79 Å². The lowest BCUT2D eigenvalue weighted by Crippen LogP contribution is -2.48. The van der Waals surface area contributed by atoms with Crippen molar-refractivity contribution in [2.24, 2.45) is 7.05 Å². The summed E-state index contributed by atoms with van der Waals surface area (Å²) < 4.78 is 2.01. The van der Waals surface area contributed by atoms with E-state index in [2.05, 4.69) is 35.3 Å². The smallest absolute Gasteiger partial charge is 0.227 e. The van der Waals surface area contributed by atoms with E-state index < -0.39 is 0 Å². The van der Waals surface area contributed by atoms with Crippen molar-refractivity contribution in [2.45, 2.75) is 12.3 Å². The van der Waals surface area contributed by atoms with Gasteiger partial charge in [-0.15, -0.1) is 10.2 Å². The van der Waals surface area contributed by atoms with Gasteiger partial charge in [0.25, 0.3) is 0 Å². The van der Waals surface area contributed by atoms with E-state index in [1.165, 1.54) is 0 Å². The Morgan fingerprint density at radius 1 is 1.08 bits per heavy atom. The van der Waals surface area contributed by atoms with E-state index >= 15 is 0 Å². The molecule has 2 aliphatic rings. The normalized spacial score (nSPS) is 21.2. The molecule has 0 aromatic carbocycles. The summed E-state index contributed by atoms with van der Waals surface area (Å²) in [5.74, 6) is 2.70. The SMILES string of the molecule is Cn1c(C2CNC(=O)C2)nnc1N1CCN(c2ncccn2)CC1. The Kier molecular flexibility index (Phi) is 3.75. The molecule has 4 heterocycles. The molecule has 9 nitrogen and oxygen atoms in total. The van der Waals surface area contributed by atoms with Crippen LogP contribution in [0.15, 0.2) is 18.5 Å². The minimum Gasteiger partial charge on any atom is -0.355 e. The number of nitrogens with zero attached hydrogens (tertiary/aromatic N) is 7. The Labute approximate surface area is 139 Å². The summed E-state index contributed by atoms with van der Waals surface area (Å²) in [5.41, 5.74) is 0. The standard InChI is InChI=1S/C15H20N8O/c1-21-13(11-9-12(24)18-10-11)19-20-15(21)23-7-5-22(6-8-23)14-16-3-2-4-17-14/h2-4,11H,5-10H2,1H3,(H,18,24). The van der Waals surface area contributed by atoms with Crippen LogP contribution in [0.5, 0.6) is 0 Å². The third kappa shape index (κ3) is 2.66. The van der Waals surface area contributed by atoms with Gasteiger partial charge in [-0.1, -0.05) is 0 Å². The molecule has 0 saturated carbocycles. The van der Waals surface area contributed by atoms with Crippen LogP contribution < -0.4 is 15.1 Å². The summed E-state index contributed by atoms with van der Waals surface area (Å²) in [5, 5.41) is 11.5. The first-order valence-corrected chi connectivity index (χ1v) is 8.15. The fourth-order valence-corrected chi connectivity index (χ4v) is 3.31. The lowest BCUT2D eigenvalue weighted by Gasteiger charge is -2.34. The Morgan fingerprint density at radius 3 is 2.46 bits per heavy atom. The van der Waals surface area contributed by atoms with Crippen LogP contribution in [0.2, 0.25) is 0 Å². The predicted molar refractivity (Wildman–Crippen MR) is 87.8 cm³/mol. The van der Waals surface area contributed by atoms with E-state index in [9.17, 15) is 4.79 Å². The Bertz CT molecular complexity index is 722. The molecule has 0 bridgehead atoms. The first kappa shape index (κ1) is 14.9. The molecule has 2 saturated heterocycles. The van der Waals surface area contributed by atoms with Crippen LogP contribution >= 0.6 is 0 Å². The van der Waals surface area contributed by atoms with Gasteiger partial charge in [0, 0.05) is 64.5 Å². The molecule has 24 heavy (non-hydrogen) atoms. The highest BCUT2D eigenvalue weighted by molar-refractivity contribution is 5.79. The van der Waals surface area contributed by atoms with Crippen molar-refractivity contribution in [1.29, 1.82) is 0 Å². The number of hydrogen-bond acceptors (Lipinski definition) is 7. The highest BCUT2D eigenvalue weighted by Gasteiger charge is 2.29. The molecular weight excluding hydrogens is 308 g/mol. The predicted octanol–water partition coefficient (Wildman–Crippen LogP) is -0.465. The summed E-state index contributed by atoms with van der Waals surface area (Å²) >= 11 is 0. The number of carbonyl (C=O) groups is 1. The summed E-state index contributed by atoms with van der Waals surface area (Å²) in [4.78, 5) is 24.4. The molecule has 126 valence electrons. The molecule has 1 amide bonds. The molecule has 0 radical (unpaired) electrons. The molecule has 9 heteroatoms. The highest BCUT2D eigenvalue weighted by Crippen LogP contribution is 2.24. The molecule has 1 unspecified atom stereocenters. The maximum Gasteiger partial charge on any atom is 0.227 e. The fraction of sp³-hybridized carbons (Fsp3) is 0.533. The van der Waals surface area contributed by atoms with Crippen molar-refractivity contribution in [3.63, 3.8) is 0 Å². The summed E-state index contributed by atoms with van der Waals surface area (Å²) in [7, 11) is 1.97. The maximum absolute atomic E-state index is 11.4. The van der Waals surface area contributed by atoms with E-state index in [1.807, 2.05) is 17.7 Å². The Balaban J connectivity index is 1.44. The van der Waals surface area contributed by atoms with Crippen LogP contribution in [-0.4, -0.2) is 63.4 Å². The fourth-order valence-electron chi connectivity index (χ4n) is 3.31. The zero-order chi connectivity index (χ0) is 16.5. The number of nitrogens with one attached hydrogen (secondary N) is 1. The molecule has 1 atom stereocenters. The van der Waals surface area contributed by atoms with Crippen LogP contribution in [0.4, 0.5) is 11.9 Å². The van der Waals surface area contributed by atoms with Gasteiger partial charge in [0.2, 0.25) is 17.8 Å². The van der Waals surface area contributed by atoms with E-state index in [1.54, 1.807) is 12.4 Å². The number of amides is 1. The molecule has 1 N–H and O–H groups in total. The number of aromatic nitrogens is 5. The molecule has 4 rings (SSSR count). The first-order chi connectivity index (χ1) is 11.7. The van der Waals surface area contributed by atoms with Gasteiger partial charge in [0.1, 0.15) is 5.82 Å². The molecule has 0 aliphatic carbocycles. The number of hydrogen-bond donors (Lipinski definition) is 1. The second kappa shape index (κ2) is 6.06. The van der Waals surface area contributed by atoms with E-state index in [4.69, 9.17) is 0 Å². The second-order valence-electron chi connectivity index (χ2n) is 6.15. The van der Waals surface area contributed by atoms with Gasteiger partial charge in [0.05, 0.1) is 0 Å². The monoisotopic (exact) mass is 328 g/mol. The van der Waals surface area contributed by atoms with Crippen LogP contribution in [-0.2, 0) is 11.8 Å². The van der Waals surface area contributed by atoms with Gasteiger partial charge in [-0.2, -0.15) is 0 Å². The minimum absolute atomic E-state index is 0.0843. The van der Waals surface area contributed by atoms with Crippen molar-refractivity contribution >= 4 is 17.8 Å². The average Bonchev–Trinajstić information content (AvgIpc) is 3.21. The van der Waals surface area contributed by atoms with Gasteiger partial charge in [-0.3, -0.25) is 4.79 Å². The molecule has 2 aliphatic heterocycles. The van der Waals surface area contributed by atoms with Gasteiger partial charge in [0.15, 0.2) is 0 Å². The zero-order valence-electron chi connectivity index (χ0n) is 13.6. The summed E-state index contributed by atoms with van der Waals surface area (Å²) in [6.45, 7) is 4.01. The van der Waals surface area contributed by atoms with Crippen molar-refractivity contribution in [3.8, 4) is 0 Å². The number of carbonyl (C=O) groups excluding carboxylic acids is 1. The lowest BCUT2D eigenvalue weighted by atomic mass is 10.1. The highest BCUT2D eigenvalue weighted by atomic mass is 16.1. The van der Waals surface area contributed by atoms with E-state index in [-0.39, 0.29) is 11.8 Å². The second-order valence-corrected chi connectivity index (χ2v) is 6.15. The Morgan fingerprint density at radius 2 is 1.79 bits per heavy atom. The largest absolute Gasteiger partial charge is 0.355 e. The van der Waals surface area contributed by atoms with E-state index in [0.29, 0.717) is 13.0 Å². The van der Waals surface area contributed by atoms with Gasteiger partial charge >= 0.3 is 0 Å². The molecule has 2 fully saturated rings. The third-order valence-electron chi connectivity index (χ3n) is 4.63. The quantitative estimate of drug-likeness (QED) is 0.815. The number of piperazine rings is 1. The number of anilines is 2. The zero-order valence-corrected chi connectivity index (χ0v) is 13.6.